The van der Waals surface area contributed by atoms with Gasteiger partial charge in [-0.1, -0.05) is 22.9 Å². The highest BCUT2D eigenvalue weighted by Gasteiger charge is 2.23. The first-order chi connectivity index (χ1) is 6.99. The highest BCUT2D eigenvalue weighted by Crippen LogP contribution is 2.35. The Labute approximate surface area is 96.9 Å². The summed E-state index contributed by atoms with van der Waals surface area (Å²) in [5.41, 5.74) is 1.28. The van der Waals surface area contributed by atoms with E-state index >= 15 is 0 Å². The predicted molar refractivity (Wildman–Crippen MR) is 61.2 cm³/mol. The van der Waals surface area contributed by atoms with Crippen molar-refractivity contribution in [3.8, 4) is 5.75 Å². The van der Waals surface area contributed by atoms with Crippen LogP contribution in [0.15, 0.2) is 16.6 Å². The average molecular weight is 273 g/mol. The van der Waals surface area contributed by atoms with Crippen molar-refractivity contribution < 1.29 is 15.0 Å². The number of rotatable bonds is 3. The van der Waals surface area contributed by atoms with Gasteiger partial charge in [-0.3, -0.25) is 4.79 Å². The van der Waals surface area contributed by atoms with Crippen LogP contribution in [-0.4, -0.2) is 16.2 Å². The summed E-state index contributed by atoms with van der Waals surface area (Å²) in [6.45, 7) is 3.59. The first-order valence-electron chi connectivity index (χ1n) is 4.69. The van der Waals surface area contributed by atoms with Crippen molar-refractivity contribution in [3.63, 3.8) is 0 Å². The normalized spacial score (nSPS) is 12.5. The van der Waals surface area contributed by atoms with Gasteiger partial charge in [-0.05, 0) is 31.0 Å². The van der Waals surface area contributed by atoms with Crippen LogP contribution in [0.1, 0.15) is 30.4 Å². The molecule has 1 aromatic rings. The van der Waals surface area contributed by atoms with Crippen molar-refractivity contribution >= 4 is 21.9 Å². The molecule has 82 valence electrons. The highest BCUT2D eigenvalue weighted by atomic mass is 79.9. The molecule has 0 aliphatic carbocycles. The molecular formula is C11H13BrO3. The van der Waals surface area contributed by atoms with E-state index in [9.17, 15) is 9.90 Å². The molecule has 0 saturated carbocycles. The number of aliphatic carboxylic acids is 1. The standard InChI is InChI=1S/C11H13BrO3/c1-3-7(11(14)15)10-6(2)8(12)4-5-9(10)13/h4-5,7,13H,3H2,1-2H3,(H,14,15). The molecule has 0 aromatic heterocycles. The van der Waals surface area contributed by atoms with Gasteiger partial charge >= 0.3 is 5.97 Å². The number of carbonyl (C=O) groups is 1. The third kappa shape index (κ3) is 2.31. The zero-order valence-corrected chi connectivity index (χ0v) is 10.2. The van der Waals surface area contributed by atoms with E-state index in [1.54, 1.807) is 19.9 Å². The van der Waals surface area contributed by atoms with Gasteiger partial charge in [-0.15, -0.1) is 0 Å². The number of halogens is 1. The summed E-state index contributed by atoms with van der Waals surface area (Å²) in [6, 6.07) is 3.22. The summed E-state index contributed by atoms with van der Waals surface area (Å²) in [6.07, 6.45) is 0.459. The molecule has 3 nitrogen and oxygen atoms in total. The SMILES string of the molecule is CCC(C(=O)O)c1c(O)ccc(Br)c1C. The molecule has 1 unspecified atom stereocenters. The smallest absolute Gasteiger partial charge is 0.311 e. The lowest BCUT2D eigenvalue weighted by Gasteiger charge is -2.16. The summed E-state index contributed by atoms with van der Waals surface area (Å²) in [7, 11) is 0. The quantitative estimate of drug-likeness (QED) is 0.889. The van der Waals surface area contributed by atoms with Gasteiger partial charge in [0.15, 0.2) is 0 Å². The van der Waals surface area contributed by atoms with Gasteiger partial charge in [-0.2, -0.15) is 0 Å². The minimum atomic E-state index is -0.908. The fourth-order valence-electron chi connectivity index (χ4n) is 1.63. The minimum absolute atomic E-state index is 0.0463. The molecule has 2 N–H and O–H groups in total. The molecule has 0 heterocycles. The molecule has 0 aliphatic rings. The number of aromatic hydroxyl groups is 1. The lowest BCUT2D eigenvalue weighted by molar-refractivity contribution is -0.138. The summed E-state index contributed by atoms with van der Waals surface area (Å²) >= 11 is 3.32. The van der Waals surface area contributed by atoms with Gasteiger partial charge in [0.25, 0.3) is 0 Å². The summed E-state index contributed by atoms with van der Waals surface area (Å²) in [5, 5.41) is 18.7. The van der Waals surface area contributed by atoms with Crippen LogP contribution in [0.5, 0.6) is 5.75 Å². The second kappa shape index (κ2) is 4.66. The van der Waals surface area contributed by atoms with E-state index in [0.717, 1.165) is 10.0 Å². The van der Waals surface area contributed by atoms with Crippen molar-refractivity contribution in [3.05, 3.63) is 27.7 Å². The molecule has 0 spiro atoms. The lowest BCUT2D eigenvalue weighted by atomic mass is 9.92. The minimum Gasteiger partial charge on any atom is -0.508 e. The zero-order valence-electron chi connectivity index (χ0n) is 8.62. The topological polar surface area (TPSA) is 57.5 Å². The Bertz CT molecular complexity index is 388. The lowest BCUT2D eigenvalue weighted by Crippen LogP contribution is -2.12. The van der Waals surface area contributed by atoms with Crippen molar-refractivity contribution in [2.75, 3.05) is 0 Å². The second-order valence-electron chi connectivity index (χ2n) is 3.40. The number of benzene rings is 1. The monoisotopic (exact) mass is 272 g/mol. The molecule has 1 rings (SSSR count). The van der Waals surface area contributed by atoms with E-state index in [-0.39, 0.29) is 5.75 Å². The molecule has 0 fully saturated rings. The largest absolute Gasteiger partial charge is 0.508 e. The molecule has 4 heteroatoms. The molecule has 0 radical (unpaired) electrons. The number of carboxylic acid groups (broad SMARTS) is 1. The van der Waals surface area contributed by atoms with Gasteiger partial charge in [0, 0.05) is 10.0 Å². The maximum atomic E-state index is 11.0. The van der Waals surface area contributed by atoms with Gasteiger partial charge in [0.05, 0.1) is 5.92 Å². The molecular weight excluding hydrogens is 260 g/mol. The van der Waals surface area contributed by atoms with Crippen LogP contribution in [0, 0.1) is 6.92 Å². The molecule has 1 atom stereocenters. The van der Waals surface area contributed by atoms with Crippen LogP contribution in [-0.2, 0) is 4.79 Å². The Kier molecular flexibility index (Phi) is 3.74. The van der Waals surface area contributed by atoms with E-state index in [1.165, 1.54) is 6.07 Å². The first-order valence-corrected chi connectivity index (χ1v) is 5.49. The Morgan fingerprint density at radius 2 is 2.13 bits per heavy atom. The highest BCUT2D eigenvalue weighted by molar-refractivity contribution is 9.10. The molecule has 0 bridgehead atoms. The predicted octanol–water partition coefficient (Wildman–Crippen LogP) is 3.04. The third-order valence-electron chi connectivity index (χ3n) is 2.48. The van der Waals surface area contributed by atoms with Crippen LogP contribution in [0.3, 0.4) is 0 Å². The summed E-state index contributed by atoms with van der Waals surface area (Å²) < 4.78 is 0.815. The van der Waals surface area contributed by atoms with E-state index in [4.69, 9.17) is 5.11 Å². The van der Waals surface area contributed by atoms with Crippen LogP contribution in [0.2, 0.25) is 0 Å². The number of hydrogen-bond donors (Lipinski definition) is 2. The Hall–Kier alpha value is -1.03. The van der Waals surface area contributed by atoms with E-state index in [0.29, 0.717) is 12.0 Å². The summed E-state index contributed by atoms with van der Waals surface area (Å²) in [4.78, 5) is 11.0. The summed E-state index contributed by atoms with van der Waals surface area (Å²) in [5.74, 6) is -1.51. The van der Waals surface area contributed by atoms with Crippen molar-refractivity contribution in [2.24, 2.45) is 0 Å². The first kappa shape index (κ1) is 12.0. The third-order valence-corrected chi connectivity index (χ3v) is 3.34. The van der Waals surface area contributed by atoms with Crippen LogP contribution < -0.4 is 0 Å². The van der Waals surface area contributed by atoms with Crippen molar-refractivity contribution in [1.82, 2.24) is 0 Å². The molecule has 0 saturated heterocycles. The van der Waals surface area contributed by atoms with Gasteiger partial charge < -0.3 is 10.2 Å². The Morgan fingerprint density at radius 3 is 2.60 bits per heavy atom. The molecule has 1 aromatic carbocycles. The number of phenols is 1. The Balaban J connectivity index is 3.34. The number of phenolic OH excluding ortho intramolecular Hbond substituents is 1. The fourth-order valence-corrected chi connectivity index (χ4v) is 1.98. The van der Waals surface area contributed by atoms with E-state index in [1.807, 2.05) is 0 Å². The maximum absolute atomic E-state index is 11.0. The number of hydrogen-bond acceptors (Lipinski definition) is 2. The van der Waals surface area contributed by atoms with E-state index in [2.05, 4.69) is 15.9 Å². The van der Waals surface area contributed by atoms with E-state index < -0.39 is 11.9 Å². The van der Waals surface area contributed by atoms with Gasteiger partial charge in [0.1, 0.15) is 5.75 Å². The van der Waals surface area contributed by atoms with Crippen LogP contribution in [0.25, 0.3) is 0 Å². The Morgan fingerprint density at radius 1 is 1.53 bits per heavy atom. The molecule has 0 amide bonds. The van der Waals surface area contributed by atoms with Crippen LogP contribution >= 0.6 is 15.9 Å². The average Bonchev–Trinajstić information content (AvgIpc) is 2.18. The van der Waals surface area contributed by atoms with Crippen molar-refractivity contribution in [1.29, 1.82) is 0 Å². The molecule has 15 heavy (non-hydrogen) atoms. The van der Waals surface area contributed by atoms with Crippen molar-refractivity contribution in [2.45, 2.75) is 26.2 Å². The molecule has 0 aliphatic heterocycles. The fraction of sp³-hybridized carbons (Fsp3) is 0.364. The second-order valence-corrected chi connectivity index (χ2v) is 4.26. The van der Waals surface area contributed by atoms with Crippen LogP contribution in [0.4, 0.5) is 0 Å². The van der Waals surface area contributed by atoms with Gasteiger partial charge in [-0.25, -0.2) is 0 Å². The maximum Gasteiger partial charge on any atom is 0.311 e. The zero-order chi connectivity index (χ0) is 11.6. The van der Waals surface area contributed by atoms with Gasteiger partial charge in [0.2, 0.25) is 0 Å². The number of carboxylic acids is 1.